The van der Waals surface area contributed by atoms with E-state index in [0.717, 1.165) is 6.42 Å². The summed E-state index contributed by atoms with van der Waals surface area (Å²) in [5, 5.41) is 0. The Labute approximate surface area is 128 Å². The van der Waals surface area contributed by atoms with Crippen LogP contribution in [0.4, 0.5) is 0 Å². The third kappa shape index (κ3) is 4.65. The molecular formula is C17H29NO3. The zero-order chi connectivity index (χ0) is 16.4. The summed E-state index contributed by atoms with van der Waals surface area (Å²) in [6.45, 7) is 12.2. The van der Waals surface area contributed by atoms with Crippen LogP contribution in [-0.4, -0.2) is 29.0 Å². The summed E-state index contributed by atoms with van der Waals surface area (Å²) in [5.74, 6) is -0.0907. The molecule has 0 aromatic rings. The number of carbonyl (C=O) groups excluding carboxylic acids is 3. The molecule has 1 heterocycles. The van der Waals surface area contributed by atoms with Crippen LogP contribution < -0.4 is 0 Å². The molecule has 0 aliphatic carbocycles. The van der Waals surface area contributed by atoms with Crippen molar-refractivity contribution in [2.75, 3.05) is 6.54 Å². The number of likely N-dealkylation sites (tertiary alicyclic amines) is 1. The highest BCUT2D eigenvalue weighted by Gasteiger charge is 2.44. The summed E-state index contributed by atoms with van der Waals surface area (Å²) in [4.78, 5) is 37.5. The highest BCUT2D eigenvalue weighted by atomic mass is 16.2. The van der Waals surface area contributed by atoms with E-state index < -0.39 is 0 Å². The summed E-state index contributed by atoms with van der Waals surface area (Å²) in [6.07, 6.45) is 2.27. The lowest BCUT2D eigenvalue weighted by atomic mass is 9.80. The van der Waals surface area contributed by atoms with E-state index in [1.807, 2.05) is 41.5 Å². The number of amides is 2. The van der Waals surface area contributed by atoms with Crippen LogP contribution in [0.15, 0.2) is 0 Å². The van der Waals surface area contributed by atoms with Crippen LogP contribution in [0.25, 0.3) is 0 Å². The van der Waals surface area contributed by atoms with Crippen LogP contribution in [0.5, 0.6) is 0 Å². The number of hydrogen-bond acceptors (Lipinski definition) is 3. The molecule has 120 valence electrons. The van der Waals surface area contributed by atoms with Gasteiger partial charge in [0.1, 0.15) is 5.78 Å². The SMILES string of the molecule is CC(C)(C)C(=O)CCCCN1C(=O)CC(C(C)(C)C)C1=O. The molecular weight excluding hydrogens is 266 g/mol. The monoisotopic (exact) mass is 295 g/mol. The quantitative estimate of drug-likeness (QED) is 0.578. The number of hydrogen-bond donors (Lipinski definition) is 0. The summed E-state index contributed by atoms with van der Waals surface area (Å²) in [6, 6.07) is 0. The number of imide groups is 1. The largest absolute Gasteiger partial charge is 0.299 e. The van der Waals surface area contributed by atoms with Crippen molar-refractivity contribution in [3.05, 3.63) is 0 Å². The molecule has 0 N–H and O–H groups in total. The van der Waals surface area contributed by atoms with Gasteiger partial charge in [0.05, 0.1) is 5.92 Å². The predicted octanol–water partition coefficient (Wildman–Crippen LogP) is 3.19. The maximum atomic E-state index is 12.3. The standard InChI is InChI=1S/C17H29NO3/c1-16(2,3)12-11-14(20)18(15(12)21)10-8-7-9-13(19)17(4,5)6/h12H,7-11H2,1-6H3. The lowest BCUT2D eigenvalue weighted by molar-refractivity contribution is -0.140. The number of ketones is 1. The van der Waals surface area contributed by atoms with Crippen LogP contribution in [0.1, 0.15) is 67.2 Å². The van der Waals surface area contributed by atoms with Crippen LogP contribution >= 0.6 is 0 Å². The smallest absolute Gasteiger partial charge is 0.233 e. The Morgan fingerprint density at radius 3 is 2.10 bits per heavy atom. The molecule has 1 saturated heterocycles. The second kappa shape index (κ2) is 6.29. The van der Waals surface area contributed by atoms with Crippen molar-refractivity contribution >= 4 is 17.6 Å². The first-order valence-corrected chi connectivity index (χ1v) is 7.82. The van der Waals surface area contributed by atoms with Gasteiger partial charge in [-0.1, -0.05) is 41.5 Å². The Morgan fingerprint density at radius 1 is 1.10 bits per heavy atom. The minimum Gasteiger partial charge on any atom is -0.299 e. The first-order chi connectivity index (χ1) is 9.44. The number of unbranched alkanes of at least 4 members (excludes halogenated alkanes) is 1. The topological polar surface area (TPSA) is 54.5 Å². The van der Waals surface area contributed by atoms with E-state index in [9.17, 15) is 14.4 Å². The molecule has 1 atom stereocenters. The second-order valence-electron chi connectivity index (χ2n) is 8.14. The molecule has 0 aromatic carbocycles. The molecule has 1 aliphatic rings. The van der Waals surface area contributed by atoms with E-state index >= 15 is 0 Å². The first kappa shape index (κ1) is 17.9. The van der Waals surface area contributed by atoms with E-state index in [0.29, 0.717) is 25.8 Å². The zero-order valence-electron chi connectivity index (χ0n) is 14.3. The Bertz CT molecular complexity index is 426. The minimum atomic E-state index is -0.309. The molecule has 0 spiro atoms. The van der Waals surface area contributed by atoms with Crippen LogP contribution in [-0.2, 0) is 14.4 Å². The molecule has 0 bridgehead atoms. The average Bonchev–Trinajstić information content (AvgIpc) is 2.59. The van der Waals surface area contributed by atoms with Crippen molar-refractivity contribution in [2.24, 2.45) is 16.7 Å². The van der Waals surface area contributed by atoms with Gasteiger partial charge in [-0.3, -0.25) is 19.3 Å². The molecule has 1 rings (SSSR count). The Balaban J connectivity index is 2.45. The van der Waals surface area contributed by atoms with Gasteiger partial charge >= 0.3 is 0 Å². The first-order valence-electron chi connectivity index (χ1n) is 7.82. The molecule has 1 fully saturated rings. The fourth-order valence-electron chi connectivity index (χ4n) is 2.53. The molecule has 0 saturated carbocycles. The van der Waals surface area contributed by atoms with Crippen LogP contribution in [0, 0.1) is 16.7 Å². The maximum Gasteiger partial charge on any atom is 0.233 e. The summed E-state index contributed by atoms with van der Waals surface area (Å²) in [5.41, 5.74) is -0.486. The van der Waals surface area contributed by atoms with Gasteiger partial charge in [0.25, 0.3) is 0 Å². The van der Waals surface area contributed by atoms with Gasteiger partial charge in [-0.2, -0.15) is 0 Å². The van der Waals surface area contributed by atoms with Gasteiger partial charge in [-0.15, -0.1) is 0 Å². The van der Waals surface area contributed by atoms with Gasteiger partial charge in [0, 0.05) is 24.8 Å². The molecule has 0 radical (unpaired) electrons. The van der Waals surface area contributed by atoms with Crippen LogP contribution in [0.2, 0.25) is 0 Å². The number of rotatable bonds is 5. The van der Waals surface area contributed by atoms with Crippen molar-refractivity contribution in [1.29, 1.82) is 0 Å². The normalized spacial score (nSPS) is 20.3. The fourth-order valence-corrected chi connectivity index (χ4v) is 2.53. The highest BCUT2D eigenvalue weighted by molar-refractivity contribution is 6.03. The fraction of sp³-hybridized carbons (Fsp3) is 0.824. The maximum absolute atomic E-state index is 12.3. The lowest BCUT2D eigenvalue weighted by Gasteiger charge is -2.24. The molecule has 21 heavy (non-hydrogen) atoms. The van der Waals surface area contributed by atoms with Gasteiger partial charge in [0.2, 0.25) is 11.8 Å². The van der Waals surface area contributed by atoms with Crippen molar-refractivity contribution < 1.29 is 14.4 Å². The molecule has 1 aliphatic heterocycles. The molecule has 1 unspecified atom stereocenters. The van der Waals surface area contributed by atoms with Gasteiger partial charge in [0.15, 0.2) is 0 Å². The van der Waals surface area contributed by atoms with E-state index in [-0.39, 0.29) is 34.3 Å². The lowest BCUT2D eigenvalue weighted by Crippen LogP contribution is -2.34. The second-order valence-corrected chi connectivity index (χ2v) is 8.14. The average molecular weight is 295 g/mol. The Hall–Kier alpha value is -1.19. The molecule has 0 aromatic heterocycles. The summed E-state index contributed by atoms with van der Waals surface area (Å²) >= 11 is 0. The zero-order valence-corrected chi connectivity index (χ0v) is 14.3. The predicted molar refractivity (Wildman–Crippen MR) is 82.6 cm³/mol. The highest BCUT2D eigenvalue weighted by Crippen LogP contribution is 2.35. The van der Waals surface area contributed by atoms with E-state index in [2.05, 4.69) is 0 Å². The number of Topliss-reactive ketones (excluding diaryl/α,β-unsaturated/α-hetero) is 1. The van der Waals surface area contributed by atoms with Crippen LogP contribution in [0.3, 0.4) is 0 Å². The third-order valence-corrected chi connectivity index (χ3v) is 4.16. The molecule has 4 heteroatoms. The van der Waals surface area contributed by atoms with Gasteiger partial charge in [-0.05, 0) is 18.3 Å². The van der Waals surface area contributed by atoms with Gasteiger partial charge < -0.3 is 0 Å². The van der Waals surface area contributed by atoms with Crippen molar-refractivity contribution in [3.63, 3.8) is 0 Å². The summed E-state index contributed by atoms with van der Waals surface area (Å²) in [7, 11) is 0. The molecule has 2 amide bonds. The number of carbonyl (C=O) groups is 3. The van der Waals surface area contributed by atoms with E-state index in [4.69, 9.17) is 0 Å². The minimum absolute atomic E-state index is 0.0466. The Morgan fingerprint density at radius 2 is 1.67 bits per heavy atom. The molecule has 4 nitrogen and oxygen atoms in total. The van der Waals surface area contributed by atoms with Gasteiger partial charge in [-0.25, -0.2) is 0 Å². The third-order valence-electron chi connectivity index (χ3n) is 4.16. The van der Waals surface area contributed by atoms with Crippen molar-refractivity contribution in [1.82, 2.24) is 4.90 Å². The Kier molecular flexibility index (Phi) is 5.35. The van der Waals surface area contributed by atoms with Crippen molar-refractivity contribution in [3.8, 4) is 0 Å². The summed E-state index contributed by atoms with van der Waals surface area (Å²) < 4.78 is 0. The van der Waals surface area contributed by atoms with E-state index in [1.54, 1.807) is 0 Å². The number of nitrogens with zero attached hydrogens (tertiary/aromatic N) is 1. The van der Waals surface area contributed by atoms with E-state index in [1.165, 1.54) is 4.90 Å². The van der Waals surface area contributed by atoms with Crippen molar-refractivity contribution in [2.45, 2.75) is 67.2 Å².